The van der Waals surface area contributed by atoms with E-state index in [1.807, 2.05) is 38.2 Å². The second kappa shape index (κ2) is 12.7. The van der Waals surface area contributed by atoms with Crippen molar-refractivity contribution in [3.05, 3.63) is 59.4 Å². The molecule has 6 nitrogen and oxygen atoms in total. The molecule has 1 aliphatic rings. The number of aromatic nitrogens is 2. The van der Waals surface area contributed by atoms with Gasteiger partial charge >= 0.3 is 0 Å². The summed E-state index contributed by atoms with van der Waals surface area (Å²) < 4.78 is 20.0. The minimum atomic E-state index is -0.340. The Morgan fingerprint density at radius 1 is 1.19 bits per heavy atom. The minimum Gasteiger partial charge on any atom is -0.496 e. The third-order valence-corrected chi connectivity index (χ3v) is 6.44. The van der Waals surface area contributed by atoms with Crippen LogP contribution in [0.1, 0.15) is 57.8 Å². The number of nitrogens with zero attached hydrogens (tertiary/aromatic N) is 4. The number of aryl methyl sites for hydroxylation is 1. The third kappa shape index (κ3) is 6.93. The molecule has 2 aromatic rings. The minimum absolute atomic E-state index is 0.163. The number of hydrogen-bond acceptors (Lipinski definition) is 5. The molecule has 1 aliphatic carbocycles. The average Bonchev–Trinajstić information content (AvgIpc) is 3.04. The number of hydrogen-bond donors (Lipinski definition) is 0. The number of ether oxygens (including phenoxy) is 1. The normalized spacial score (nSPS) is 13.7. The van der Waals surface area contributed by atoms with Crippen LogP contribution in [-0.4, -0.2) is 54.6 Å². The summed E-state index contributed by atoms with van der Waals surface area (Å²) in [5.41, 5.74) is 2.38. The maximum atomic E-state index is 14.4. The van der Waals surface area contributed by atoms with Crippen molar-refractivity contribution in [1.82, 2.24) is 14.9 Å². The number of methoxy groups -OCH3 is 1. The molecule has 3 rings (SSSR count). The molecule has 0 aliphatic heterocycles. The van der Waals surface area contributed by atoms with Crippen LogP contribution in [0.4, 0.5) is 10.2 Å². The highest BCUT2D eigenvalue weighted by atomic mass is 19.1. The number of fused-ring (bicyclic) bond motifs is 1. The van der Waals surface area contributed by atoms with Crippen molar-refractivity contribution in [3.8, 4) is 0 Å². The Hall–Kier alpha value is -3.22. The van der Waals surface area contributed by atoms with Gasteiger partial charge in [0, 0.05) is 38.5 Å². The number of amides is 1. The van der Waals surface area contributed by atoms with Crippen molar-refractivity contribution >= 4 is 28.2 Å². The van der Waals surface area contributed by atoms with E-state index in [1.54, 1.807) is 12.0 Å². The van der Waals surface area contributed by atoms with Crippen molar-refractivity contribution in [2.75, 3.05) is 38.7 Å². The number of carbonyl (C=O) groups excluding carboxylic acids is 1. The summed E-state index contributed by atoms with van der Waals surface area (Å²) in [6.45, 7) is 10.4. The first kappa shape index (κ1) is 27.4. The summed E-state index contributed by atoms with van der Waals surface area (Å²) in [6.07, 6.45) is 7.74. The zero-order chi connectivity index (χ0) is 26.2. The lowest BCUT2D eigenvalue weighted by Gasteiger charge is -2.27. The first-order valence-corrected chi connectivity index (χ1v) is 12.8. The Labute approximate surface area is 214 Å². The predicted molar refractivity (Wildman–Crippen MR) is 145 cm³/mol. The van der Waals surface area contributed by atoms with E-state index in [9.17, 15) is 9.18 Å². The molecule has 0 N–H and O–H groups in total. The van der Waals surface area contributed by atoms with Gasteiger partial charge in [-0.05, 0) is 68.5 Å². The van der Waals surface area contributed by atoms with Gasteiger partial charge in [0.1, 0.15) is 17.4 Å². The predicted octanol–water partition coefficient (Wildman–Crippen LogP) is 6.22. The summed E-state index contributed by atoms with van der Waals surface area (Å²) >= 11 is 0. The van der Waals surface area contributed by atoms with Crippen molar-refractivity contribution in [1.29, 1.82) is 0 Å². The fraction of sp³-hybridized carbons (Fsp3) is 0.483. The third-order valence-electron chi connectivity index (χ3n) is 6.44. The Morgan fingerprint density at radius 3 is 2.67 bits per heavy atom. The van der Waals surface area contributed by atoms with Crippen LogP contribution in [0.15, 0.2) is 48.0 Å². The lowest BCUT2D eigenvalue weighted by Crippen LogP contribution is -2.37. The van der Waals surface area contributed by atoms with Crippen LogP contribution in [0.25, 0.3) is 16.5 Å². The summed E-state index contributed by atoms with van der Waals surface area (Å²) in [5, 5.41) is 0.922. The van der Waals surface area contributed by atoms with Crippen LogP contribution in [0, 0.1) is 12.8 Å². The van der Waals surface area contributed by atoms with E-state index in [2.05, 4.69) is 25.7 Å². The van der Waals surface area contributed by atoms with Gasteiger partial charge in [0.25, 0.3) is 0 Å². The van der Waals surface area contributed by atoms with Crippen molar-refractivity contribution in [2.24, 2.45) is 5.92 Å². The van der Waals surface area contributed by atoms with E-state index in [-0.39, 0.29) is 11.7 Å². The lowest BCUT2D eigenvalue weighted by atomic mass is 10.1. The maximum absolute atomic E-state index is 14.4. The molecule has 0 bridgehead atoms. The smallest absolute Gasteiger partial charge is 0.222 e. The van der Waals surface area contributed by atoms with Gasteiger partial charge in [-0.3, -0.25) is 4.79 Å². The molecule has 0 spiro atoms. The van der Waals surface area contributed by atoms with Gasteiger partial charge in [0.15, 0.2) is 5.82 Å². The highest BCUT2D eigenvalue weighted by molar-refractivity contribution is 5.92. The largest absolute Gasteiger partial charge is 0.496 e. The van der Waals surface area contributed by atoms with E-state index in [0.717, 1.165) is 35.1 Å². The molecule has 0 fully saturated rings. The van der Waals surface area contributed by atoms with Crippen molar-refractivity contribution in [2.45, 2.75) is 53.4 Å². The van der Waals surface area contributed by atoms with Crippen molar-refractivity contribution < 1.29 is 13.9 Å². The summed E-state index contributed by atoms with van der Waals surface area (Å²) in [4.78, 5) is 26.3. The van der Waals surface area contributed by atoms with E-state index < -0.39 is 0 Å². The van der Waals surface area contributed by atoms with Gasteiger partial charge in [-0.2, -0.15) is 0 Å². The van der Waals surface area contributed by atoms with Crippen LogP contribution in [0.5, 0.6) is 0 Å². The molecule has 194 valence electrons. The molecule has 1 amide bonds. The van der Waals surface area contributed by atoms with Crippen LogP contribution in [0.2, 0.25) is 0 Å². The maximum Gasteiger partial charge on any atom is 0.222 e. The van der Waals surface area contributed by atoms with Crippen molar-refractivity contribution in [3.63, 3.8) is 0 Å². The second-order valence-electron chi connectivity index (χ2n) is 9.73. The molecule has 1 aromatic carbocycles. The van der Waals surface area contributed by atoms with E-state index in [0.29, 0.717) is 55.6 Å². The summed E-state index contributed by atoms with van der Waals surface area (Å²) in [6, 6.07) is 6.09. The zero-order valence-corrected chi connectivity index (χ0v) is 22.5. The van der Waals surface area contributed by atoms with E-state index in [4.69, 9.17) is 14.7 Å². The highest BCUT2D eigenvalue weighted by Gasteiger charge is 2.20. The van der Waals surface area contributed by atoms with E-state index >= 15 is 0 Å². The molecule has 36 heavy (non-hydrogen) atoms. The van der Waals surface area contributed by atoms with Gasteiger partial charge in [0.05, 0.1) is 18.2 Å². The van der Waals surface area contributed by atoms with Gasteiger partial charge in [0.2, 0.25) is 5.91 Å². The molecule has 1 aromatic heterocycles. The van der Waals surface area contributed by atoms with Gasteiger partial charge in [-0.1, -0.05) is 26.3 Å². The van der Waals surface area contributed by atoms with Crippen LogP contribution < -0.4 is 4.90 Å². The molecule has 0 radical (unpaired) electrons. The monoisotopic (exact) mass is 494 g/mol. The second-order valence-corrected chi connectivity index (χ2v) is 9.73. The number of anilines is 1. The number of rotatable bonds is 11. The number of allylic oxidation sites excluding steroid dienone is 5. The standard InChI is InChI=1S/C29H39FN4O2/c1-7-34(17-16-33(5)27(35)13-8-10-20(2)3)29-23-15-14-21(4)18-25(23)31-28(32-29)24-19-22(30)11-9-12-26(24)36-6/h11-12,14-15,18-20H,7-10,13,16-17H2,1-6H3. The fourth-order valence-corrected chi connectivity index (χ4v) is 4.27. The summed E-state index contributed by atoms with van der Waals surface area (Å²) in [7, 11) is 3.43. The molecular weight excluding hydrogens is 455 g/mol. The Balaban J connectivity index is 1.93. The number of likely N-dealkylation sites (N-methyl/N-ethyl adjacent to an activating group) is 2. The lowest BCUT2D eigenvalue weighted by molar-refractivity contribution is -0.129. The first-order chi connectivity index (χ1) is 17.2. The molecule has 7 heteroatoms. The van der Waals surface area contributed by atoms with Gasteiger partial charge < -0.3 is 14.5 Å². The van der Waals surface area contributed by atoms with Gasteiger partial charge in [-0.15, -0.1) is 0 Å². The summed E-state index contributed by atoms with van der Waals surface area (Å²) in [5.74, 6) is 2.15. The number of halogens is 1. The Morgan fingerprint density at radius 2 is 1.97 bits per heavy atom. The first-order valence-electron chi connectivity index (χ1n) is 12.8. The molecule has 0 atom stereocenters. The van der Waals surface area contributed by atoms with Crippen LogP contribution in [-0.2, 0) is 9.53 Å². The molecular formula is C29H39FN4O2. The molecule has 0 saturated carbocycles. The molecule has 1 heterocycles. The Kier molecular flexibility index (Phi) is 9.62. The highest BCUT2D eigenvalue weighted by Crippen LogP contribution is 2.31. The zero-order valence-electron chi connectivity index (χ0n) is 22.5. The SMILES string of the molecule is CCN(CCN(C)C(=O)CCCC(C)C)c1nc(C2=CC(F)=CCC=C2OC)nc2cc(C)ccc12. The average molecular weight is 495 g/mol. The fourth-order valence-electron chi connectivity index (χ4n) is 4.27. The Bertz CT molecular complexity index is 1170. The number of carbonyl (C=O) groups is 1. The van der Waals surface area contributed by atoms with E-state index in [1.165, 1.54) is 12.2 Å². The molecule has 0 unspecified atom stereocenters. The number of benzene rings is 1. The topological polar surface area (TPSA) is 58.6 Å². The quantitative estimate of drug-likeness (QED) is 0.371. The van der Waals surface area contributed by atoms with Crippen LogP contribution in [0.3, 0.4) is 0 Å². The van der Waals surface area contributed by atoms with Crippen LogP contribution >= 0.6 is 0 Å². The van der Waals surface area contributed by atoms with Gasteiger partial charge in [-0.25, -0.2) is 14.4 Å². The molecule has 0 saturated heterocycles.